The molecule has 0 radical (unpaired) electrons. The number of piperazine rings is 1. The molecule has 5 rings (SSSR count). The third kappa shape index (κ3) is 4.89. The smallest absolute Gasteiger partial charge is 0.325 e. The number of nitrogens with one attached hydrogen (secondary N) is 1. The highest BCUT2D eigenvalue weighted by atomic mass is 32.2. The average Bonchev–Trinajstić information content (AvgIpc) is 3.57. The molecule has 3 aliphatic heterocycles. The van der Waals surface area contributed by atoms with Crippen molar-refractivity contribution < 1.29 is 18.7 Å². The van der Waals surface area contributed by atoms with Gasteiger partial charge in [0.15, 0.2) is 5.58 Å². The van der Waals surface area contributed by atoms with Crippen molar-refractivity contribution in [2.75, 3.05) is 49.3 Å². The zero-order valence-corrected chi connectivity index (χ0v) is 20.8. The van der Waals surface area contributed by atoms with E-state index < -0.39 is 11.6 Å². The number of thioether (sulfide) groups is 1. The number of hydrogen-bond acceptors (Lipinski definition) is 9. The summed E-state index contributed by atoms with van der Waals surface area (Å²) in [4.78, 5) is 37.0. The Morgan fingerprint density at radius 1 is 1.21 bits per heavy atom. The maximum Gasteiger partial charge on any atom is 0.325 e. The Morgan fingerprint density at radius 2 is 2.03 bits per heavy atom. The van der Waals surface area contributed by atoms with Crippen LogP contribution in [0.15, 0.2) is 28.7 Å². The molecule has 3 saturated heterocycles. The summed E-state index contributed by atoms with van der Waals surface area (Å²) >= 11 is 1.79. The van der Waals surface area contributed by atoms with Crippen LogP contribution in [-0.4, -0.2) is 94.7 Å². The SMILES string of the molecule is CC(C)(C)OC(=O)[C@@H]1CN(c2nc3ccccc3o2)CCN1[C@@H]1CN[C@H](C(=O)N2CCSC2)C1. The number of oxazole rings is 1. The number of fused-ring (bicyclic) bond motifs is 1. The number of carbonyl (C=O) groups excluding carboxylic acids is 2. The third-order valence-electron chi connectivity index (χ3n) is 6.59. The lowest BCUT2D eigenvalue weighted by atomic mass is 10.0. The maximum absolute atomic E-state index is 13.3. The van der Waals surface area contributed by atoms with Crippen molar-refractivity contribution in [2.24, 2.45) is 0 Å². The Bertz CT molecular complexity index is 1010. The fourth-order valence-corrected chi connectivity index (χ4v) is 5.90. The van der Waals surface area contributed by atoms with Gasteiger partial charge in [0, 0.05) is 44.5 Å². The second-order valence-electron chi connectivity index (χ2n) is 10.2. The summed E-state index contributed by atoms with van der Waals surface area (Å²) in [6.07, 6.45) is 0.697. The van der Waals surface area contributed by atoms with Crippen molar-refractivity contribution in [3.8, 4) is 0 Å². The standard InChI is InChI=1S/C24H33N5O4S/c1-24(2,3)33-22(31)19-14-27(23-26-17-6-4-5-7-20(17)32-23)8-9-29(19)16-12-18(25-13-16)21(30)28-10-11-34-15-28/h4-7,16,18-19,25H,8-15H2,1-3H3/t16-,18-,19-/m0/s1. The lowest BCUT2D eigenvalue weighted by Gasteiger charge is -2.43. The minimum atomic E-state index is -0.581. The number of aromatic nitrogens is 1. The highest BCUT2D eigenvalue weighted by Crippen LogP contribution is 2.28. The number of amides is 1. The van der Waals surface area contributed by atoms with E-state index in [1.54, 1.807) is 11.8 Å². The summed E-state index contributed by atoms with van der Waals surface area (Å²) in [5, 5.41) is 3.41. The van der Waals surface area contributed by atoms with Crippen LogP contribution in [0.4, 0.5) is 6.01 Å². The largest absolute Gasteiger partial charge is 0.459 e. The molecule has 0 bridgehead atoms. The van der Waals surface area contributed by atoms with Gasteiger partial charge in [-0.3, -0.25) is 14.5 Å². The summed E-state index contributed by atoms with van der Waals surface area (Å²) < 4.78 is 11.8. The number of hydrogen-bond donors (Lipinski definition) is 1. The van der Waals surface area contributed by atoms with Crippen LogP contribution < -0.4 is 10.2 Å². The lowest BCUT2D eigenvalue weighted by Crippen LogP contribution is -2.61. The molecular formula is C24H33N5O4S. The van der Waals surface area contributed by atoms with Crippen molar-refractivity contribution in [3.63, 3.8) is 0 Å². The minimum Gasteiger partial charge on any atom is -0.459 e. The van der Waals surface area contributed by atoms with E-state index in [0.29, 0.717) is 38.6 Å². The Hall–Kier alpha value is -2.30. The van der Waals surface area contributed by atoms with Gasteiger partial charge in [-0.25, -0.2) is 0 Å². The van der Waals surface area contributed by atoms with Crippen molar-refractivity contribution in [3.05, 3.63) is 24.3 Å². The normalized spacial score (nSPS) is 26.4. The predicted octanol–water partition coefficient (Wildman–Crippen LogP) is 1.92. The number of benzene rings is 1. The van der Waals surface area contributed by atoms with Gasteiger partial charge in [0.1, 0.15) is 17.2 Å². The molecule has 2 aromatic rings. The molecule has 4 heterocycles. The molecule has 1 N–H and O–H groups in total. The predicted molar refractivity (Wildman–Crippen MR) is 132 cm³/mol. The molecule has 0 spiro atoms. The van der Waals surface area contributed by atoms with Crippen molar-refractivity contribution in [1.29, 1.82) is 0 Å². The van der Waals surface area contributed by atoms with Crippen LogP contribution in [0, 0.1) is 0 Å². The van der Waals surface area contributed by atoms with E-state index in [1.165, 1.54) is 0 Å². The van der Waals surface area contributed by atoms with Crippen molar-refractivity contribution in [2.45, 2.75) is 50.9 Å². The fraction of sp³-hybridized carbons (Fsp3) is 0.625. The van der Waals surface area contributed by atoms with E-state index in [-0.39, 0.29) is 24.0 Å². The molecule has 34 heavy (non-hydrogen) atoms. The van der Waals surface area contributed by atoms with E-state index in [4.69, 9.17) is 9.15 Å². The van der Waals surface area contributed by atoms with E-state index in [1.807, 2.05) is 54.8 Å². The monoisotopic (exact) mass is 487 g/mol. The Kier molecular flexibility index (Phi) is 6.47. The van der Waals surface area contributed by atoms with Gasteiger partial charge in [-0.05, 0) is 39.3 Å². The molecule has 1 amide bonds. The van der Waals surface area contributed by atoms with Gasteiger partial charge in [-0.1, -0.05) is 12.1 Å². The van der Waals surface area contributed by atoms with Gasteiger partial charge in [0.2, 0.25) is 5.91 Å². The number of anilines is 1. The lowest BCUT2D eigenvalue weighted by molar-refractivity contribution is -0.162. The van der Waals surface area contributed by atoms with Crippen LogP contribution in [-0.2, 0) is 14.3 Å². The Morgan fingerprint density at radius 3 is 2.76 bits per heavy atom. The highest BCUT2D eigenvalue weighted by Gasteiger charge is 2.43. The quantitative estimate of drug-likeness (QED) is 0.650. The molecule has 3 fully saturated rings. The van der Waals surface area contributed by atoms with E-state index in [9.17, 15) is 9.59 Å². The van der Waals surface area contributed by atoms with E-state index in [2.05, 4.69) is 15.2 Å². The first-order valence-corrected chi connectivity index (χ1v) is 13.1. The summed E-state index contributed by atoms with van der Waals surface area (Å²) in [5.74, 6) is 1.69. The van der Waals surface area contributed by atoms with Gasteiger partial charge >= 0.3 is 5.97 Å². The van der Waals surface area contributed by atoms with E-state index in [0.717, 1.165) is 29.3 Å². The maximum atomic E-state index is 13.3. The molecule has 1 aromatic carbocycles. The first-order valence-electron chi connectivity index (χ1n) is 12.0. The van der Waals surface area contributed by atoms with Crippen LogP contribution >= 0.6 is 11.8 Å². The minimum absolute atomic E-state index is 0.0903. The summed E-state index contributed by atoms with van der Waals surface area (Å²) in [6, 6.07) is 7.62. The number of esters is 1. The second kappa shape index (κ2) is 9.39. The zero-order chi connectivity index (χ0) is 23.9. The molecular weight excluding hydrogens is 454 g/mol. The number of nitrogens with zero attached hydrogens (tertiary/aromatic N) is 4. The average molecular weight is 488 g/mol. The van der Waals surface area contributed by atoms with Crippen LogP contribution in [0.5, 0.6) is 0 Å². The van der Waals surface area contributed by atoms with Crippen molar-refractivity contribution >= 4 is 40.8 Å². The molecule has 3 atom stereocenters. The van der Waals surface area contributed by atoms with Crippen LogP contribution in [0.3, 0.4) is 0 Å². The topological polar surface area (TPSA) is 91.1 Å². The summed E-state index contributed by atoms with van der Waals surface area (Å²) in [7, 11) is 0. The Labute approximate surface area is 204 Å². The zero-order valence-electron chi connectivity index (χ0n) is 20.0. The van der Waals surface area contributed by atoms with Gasteiger partial charge in [-0.2, -0.15) is 4.98 Å². The molecule has 3 aliphatic rings. The first-order chi connectivity index (χ1) is 16.3. The fourth-order valence-electron chi connectivity index (χ4n) is 4.95. The summed E-state index contributed by atoms with van der Waals surface area (Å²) in [6.45, 7) is 8.93. The van der Waals surface area contributed by atoms with E-state index >= 15 is 0 Å². The number of carbonyl (C=O) groups is 2. The molecule has 10 heteroatoms. The number of ether oxygens (including phenoxy) is 1. The van der Waals surface area contributed by atoms with Gasteiger partial charge < -0.3 is 24.3 Å². The van der Waals surface area contributed by atoms with Crippen LogP contribution in [0.2, 0.25) is 0 Å². The number of rotatable bonds is 4. The van der Waals surface area contributed by atoms with Crippen LogP contribution in [0.1, 0.15) is 27.2 Å². The molecule has 1 aromatic heterocycles. The van der Waals surface area contributed by atoms with Gasteiger partial charge in [-0.15, -0.1) is 11.8 Å². The number of para-hydroxylation sites is 2. The van der Waals surface area contributed by atoms with Crippen LogP contribution in [0.25, 0.3) is 11.1 Å². The second-order valence-corrected chi connectivity index (χ2v) is 11.3. The van der Waals surface area contributed by atoms with Gasteiger partial charge in [0.05, 0.1) is 11.9 Å². The summed E-state index contributed by atoms with van der Waals surface area (Å²) in [5.41, 5.74) is 0.952. The Balaban J connectivity index is 1.33. The third-order valence-corrected chi connectivity index (χ3v) is 7.56. The van der Waals surface area contributed by atoms with Crippen molar-refractivity contribution in [1.82, 2.24) is 20.1 Å². The highest BCUT2D eigenvalue weighted by molar-refractivity contribution is 7.99. The molecule has 9 nitrogen and oxygen atoms in total. The van der Waals surface area contributed by atoms with Gasteiger partial charge in [0.25, 0.3) is 6.01 Å². The molecule has 0 saturated carbocycles. The molecule has 184 valence electrons. The molecule has 0 unspecified atom stereocenters. The molecule has 0 aliphatic carbocycles. The first kappa shape index (κ1) is 23.4.